The van der Waals surface area contributed by atoms with Gasteiger partial charge in [-0.3, -0.25) is 0 Å². The van der Waals surface area contributed by atoms with E-state index in [4.69, 9.17) is 4.89 Å². The van der Waals surface area contributed by atoms with Crippen LogP contribution in [0.2, 0.25) is 0 Å². The van der Waals surface area contributed by atoms with Gasteiger partial charge in [0.1, 0.15) is 0 Å². The molecule has 2 rings (SSSR count). The van der Waals surface area contributed by atoms with Crippen LogP contribution in [0.1, 0.15) is 19.8 Å². The molecule has 1 aromatic carbocycles. The Bertz CT molecular complexity index is 409. The molecular formula is C14H22N2O2P+. The zero-order valence-electron chi connectivity index (χ0n) is 11.6. The molecule has 1 unspecified atom stereocenters. The highest BCUT2D eigenvalue weighted by atomic mass is 31.1. The SMILES string of the molecule is CCCCN1C=CN(C)C1.O=[P+](O)c1ccccc1. The smallest absolute Gasteiger partial charge is 0.362 e. The van der Waals surface area contributed by atoms with Crippen molar-refractivity contribution >= 4 is 13.3 Å². The number of hydrogen-bond donors (Lipinski definition) is 1. The first-order valence-corrected chi connectivity index (χ1v) is 7.68. The van der Waals surface area contributed by atoms with Gasteiger partial charge in [0.2, 0.25) is 5.30 Å². The van der Waals surface area contributed by atoms with Gasteiger partial charge in [0, 0.05) is 26.0 Å². The summed E-state index contributed by atoms with van der Waals surface area (Å²) in [5.41, 5.74) is 0. The fourth-order valence-electron chi connectivity index (χ4n) is 1.65. The topological polar surface area (TPSA) is 43.8 Å². The van der Waals surface area contributed by atoms with E-state index in [-0.39, 0.29) is 0 Å². The van der Waals surface area contributed by atoms with Crippen LogP contribution in [0.25, 0.3) is 0 Å². The van der Waals surface area contributed by atoms with Gasteiger partial charge in [-0.05, 0) is 23.1 Å². The summed E-state index contributed by atoms with van der Waals surface area (Å²) in [4.78, 5) is 13.1. The second-order valence-corrected chi connectivity index (χ2v) is 5.53. The van der Waals surface area contributed by atoms with E-state index in [0.29, 0.717) is 5.30 Å². The number of benzene rings is 1. The zero-order chi connectivity index (χ0) is 14.1. The lowest BCUT2D eigenvalue weighted by molar-refractivity contribution is 0.293. The van der Waals surface area contributed by atoms with Crippen molar-refractivity contribution in [1.82, 2.24) is 9.80 Å². The molecule has 1 aliphatic heterocycles. The maximum atomic E-state index is 10.3. The molecule has 0 saturated carbocycles. The van der Waals surface area contributed by atoms with E-state index in [2.05, 4.69) is 36.2 Å². The minimum Gasteiger partial charge on any atom is -0.362 e. The normalized spacial score (nSPS) is 14.2. The Kier molecular flexibility index (Phi) is 7.16. The van der Waals surface area contributed by atoms with Gasteiger partial charge in [-0.1, -0.05) is 31.5 Å². The predicted octanol–water partition coefficient (Wildman–Crippen LogP) is 2.51. The molecule has 104 valence electrons. The van der Waals surface area contributed by atoms with Crippen molar-refractivity contribution in [2.75, 3.05) is 20.3 Å². The number of nitrogens with zero attached hydrogens (tertiary/aromatic N) is 2. The molecule has 1 aliphatic rings. The summed E-state index contributed by atoms with van der Waals surface area (Å²) in [7, 11) is -0.0459. The molecule has 1 atom stereocenters. The lowest BCUT2D eigenvalue weighted by Gasteiger charge is -2.17. The Balaban J connectivity index is 0.000000191. The average molecular weight is 281 g/mol. The maximum Gasteiger partial charge on any atom is 0.546 e. The van der Waals surface area contributed by atoms with E-state index in [1.54, 1.807) is 24.3 Å². The molecule has 1 N–H and O–H groups in total. The highest BCUT2D eigenvalue weighted by molar-refractivity contribution is 7.47. The van der Waals surface area contributed by atoms with Crippen LogP contribution in [-0.4, -0.2) is 35.0 Å². The summed E-state index contributed by atoms with van der Waals surface area (Å²) in [6.07, 6.45) is 6.87. The third-order valence-corrected chi connectivity index (χ3v) is 3.45. The second-order valence-electron chi connectivity index (χ2n) is 4.47. The average Bonchev–Trinajstić information content (AvgIpc) is 2.84. The summed E-state index contributed by atoms with van der Waals surface area (Å²) in [6, 6.07) is 8.53. The van der Waals surface area contributed by atoms with Crippen LogP contribution in [-0.2, 0) is 4.57 Å². The van der Waals surface area contributed by atoms with Gasteiger partial charge >= 0.3 is 8.03 Å². The summed E-state index contributed by atoms with van der Waals surface area (Å²) < 4.78 is 10.3. The van der Waals surface area contributed by atoms with Gasteiger partial charge in [0.05, 0.1) is 6.67 Å². The molecule has 0 saturated heterocycles. The summed E-state index contributed by atoms with van der Waals surface area (Å²) >= 11 is 0. The predicted molar refractivity (Wildman–Crippen MR) is 79.3 cm³/mol. The van der Waals surface area contributed by atoms with E-state index in [1.165, 1.54) is 19.4 Å². The highest BCUT2D eigenvalue weighted by Crippen LogP contribution is 2.10. The monoisotopic (exact) mass is 281 g/mol. The first-order valence-electron chi connectivity index (χ1n) is 6.47. The van der Waals surface area contributed by atoms with Crippen LogP contribution in [0.3, 0.4) is 0 Å². The lowest BCUT2D eigenvalue weighted by atomic mass is 10.3. The van der Waals surface area contributed by atoms with E-state index in [0.717, 1.165) is 6.67 Å². The molecular weight excluding hydrogens is 259 g/mol. The summed E-state index contributed by atoms with van der Waals surface area (Å²) in [6.45, 7) is 4.50. The van der Waals surface area contributed by atoms with Crippen molar-refractivity contribution in [3.05, 3.63) is 42.7 Å². The highest BCUT2D eigenvalue weighted by Gasteiger charge is 2.12. The van der Waals surface area contributed by atoms with Crippen LogP contribution >= 0.6 is 8.03 Å². The molecule has 5 heteroatoms. The van der Waals surface area contributed by atoms with Crippen molar-refractivity contribution in [2.24, 2.45) is 0 Å². The van der Waals surface area contributed by atoms with Gasteiger partial charge in [0.25, 0.3) is 0 Å². The Morgan fingerprint density at radius 2 is 1.95 bits per heavy atom. The van der Waals surface area contributed by atoms with Gasteiger partial charge in [-0.2, -0.15) is 4.89 Å². The molecule has 0 radical (unpaired) electrons. The second kappa shape index (κ2) is 8.68. The van der Waals surface area contributed by atoms with Crippen LogP contribution < -0.4 is 5.30 Å². The molecule has 0 spiro atoms. The standard InChI is InChI=1S/C8H16N2.C6H5O2P/c1-3-4-5-10-7-6-9(2)8-10;7-9(8)6-4-2-1-3-5-6/h6-7H,3-5,8H2,1-2H3;1-5H/p+1. The Labute approximate surface area is 116 Å². The van der Waals surface area contributed by atoms with Crippen LogP contribution in [0.4, 0.5) is 0 Å². The Hall–Kier alpha value is -1.38. The van der Waals surface area contributed by atoms with Crippen molar-refractivity contribution in [1.29, 1.82) is 0 Å². The van der Waals surface area contributed by atoms with Crippen LogP contribution in [0.15, 0.2) is 42.7 Å². The summed E-state index contributed by atoms with van der Waals surface area (Å²) in [5.74, 6) is 0. The minimum atomic E-state index is -2.15. The molecule has 0 aromatic heterocycles. The minimum absolute atomic E-state index is 0.479. The summed E-state index contributed by atoms with van der Waals surface area (Å²) in [5, 5.41) is 0.479. The largest absolute Gasteiger partial charge is 0.546 e. The van der Waals surface area contributed by atoms with Gasteiger partial charge in [-0.15, -0.1) is 0 Å². The van der Waals surface area contributed by atoms with E-state index in [9.17, 15) is 4.57 Å². The van der Waals surface area contributed by atoms with Crippen molar-refractivity contribution < 1.29 is 9.46 Å². The van der Waals surface area contributed by atoms with Crippen molar-refractivity contribution in [3.63, 3.8) is 0 Å². The van der Waals surface area contributed by atoms with Crippen LogP contribution in [0, 0.1) is 0 Å². The molecule has 1 heterocycles. The molecule has 0 amide bonds. The number of hydrogen-bond acceptors (Lipinski definition) is 3. The fourth-order valence-corrected chi connectivity index (χ4v) is 2.08. The number of unbranched alkanes of at least 4 members (excludes halogenated alkanes) is 1. The number of rotatable bonds is 4. The lowest BCUT2D eigenvalue weighted by Crippen LogP contribution is -2.23. The Morgan fingerprint density at radius 1 is 1.26 bits per heavy atom. The van der Waals surface area contributed by atoms with Gasteiger partial charge in [0.15, 0.2) is 0 Å². The molecule has 0 bridgehead atoms. The first-order chi connectivity index (χ1) is 9.13. The molecule has 0 fully saturated rings. The van der Waals surface area contributed by atoms with Crippen molar-refractivity contribution in [3.8, 4) is 0 Å². The van der Waals surface area contributed by atoms with E-state index >= 15 is 0 Å². The fraction of sp³-hybridized carbons (Fsp3) is 0.429. The third-order valence-electron chi connectivity index (χ3n) is 2.71. The van der Waals surface area contributed by atoms with E-state index in [1.807, 2.05) is 6.07 Å². The molecule has 19 heavy (non-hydrogen) atoms. The third kappa shape index (κ3) is 6.37. The van der Waals surface area contributed by atoms with Gasteiger partial charge in [-0.25, -0.2) is 0 Å². The van der Waals surface area contributed by atoms with Gasteiger partial charge < -0.3 is 9.80 Å². The van der Waals surface area contributed by atoms with Crippen LogP contribution in [0.5, 0.6) is 0 Å². The quantitative estimate of drug-likeness (QED) is 0.861. The molecule has 4 nitrogen and oxygen atoms in total. The van der Waals surface area contributed by atoms with E-state index < -0.39 is 8.03 Å². The first kappa shape index (κ1) is 15.7. The zero-order valence-corrected chi connectivity index (χ0v) is 12.5. The maximum absolute atomic E-state index is 10.3. The molecule has 0 aliphatic carbocycles. The Morgan fingerprint density at radius 3 is 2.37 bits per heavy atom. The molecule has 1 aromatic rings. The van der Waals surface area contributed by atoms with Crippen molar-refractivity contribution in [2.45, 2.75) is 19.8 Å².